The fourth-order valence-corrected chi connectivity index (χ4v) is 4.83. The number of benzene rings is 3. The molecular formula is C31H35FN2O3. The lowest BCUT2D eigenvalue weighted by Gasteiger charge is -2.33. The first kappa shape index (κ1) is 26.4. The van der Waals surface area contributed by atoms with Crippen molar-refractivity contribution in [1.29, 1.82) is 0 Å². The highest BCUT2D eigenvalue weighted by Crippen LogP contribution is 2.21. The molecule has 1 saturated carbocycles. The third-order valence-corrected chi connectivity index (χ3v) is 6.93. The Bertz CT molecular complexity index is 1160. The number of carbonyl (C=O) groups is 2. The van der Waals surface area contributed by atoms with E-state index in [9.17, 15) is 14.0 Å². The predicted molar refractivity (Wildman–Crippen MR) is 143 cm³/mol. The van der Waals surface area contributed by atoms with Gasteiger partial charge in [-0.15, -0.1) is 0 Å². The zero-order valence-corrected chi connectivity index (χ0v) is 21.4. The number of nitrogens with zero attached hydrogens (tertiary/aromatic N) is 1. The second-order valence-corrected chi connectivity index (χ2v) is 9.75. The molecule has 0 radical (unpaired) electrons. The van der Waals surface area contributed by atoms with Crippen molar-refractivity contribution in [3.8, 4) is 5.75 Å². The Morgan fingerprint density at radius 1 is 0.919 bits per heavy atom. The molecule has 1 atom stereocenters. The van der Waals surface area contributed by atoms with Crippen LogP contribution in [-0.2, 0) is 22.6 Å². The SMILES string of the molecule is Cc1ccccc1OCC(=O)N(Cc1ccc(F)cc1)[C@@H](Cc1ccccc1)C(=O)NC1CCCCC1. The Balaban J connectivity index is 1.61. The molecule has 0 saturated heterocycles. The summed E-state index contributed by atoms with van der Waals surface area (Å²) >= 11 is 0. The summed E-state index contributed by atoms with van der Waals surface area (Å²) < 4.78 is 19.5. The van der Waals surface area contributed by atoms with Gasteiger partial charge >= 0.3 is 0 Å². The van der Waals surface area contributed by atoms with Crippen LogP contribution in [0.3, 0.4) is 0 Å². The average Bonchev–Trinajstić information content (AvgIpc) is 2.92. The van der Waals surface area contributed by atoms with E-state index in [1.54, 1.807) is 17.0 Å². The van der Waals surface area contributed by atoms with Crippen LogP contribution < -0.4 is 10.1 Å². The van der Waals surface area contributed by atoms with Crippen molar-refractivity contribution in [1.82, 2.24) is 10.2 Å². The van der Waals surface area contributed by atoms with Crippen LogP contribution in [0.15, 0.2) is 78.9 Å². The Labute approximate surface area is 218 Å². The van der Waals surface area contributed by atoms with Gasteiger partial charge in [0.1, 0.15) is 17.6 Å². The highest BCUT2D eigenvalue weighted by atomic mass is 19.1. The molecule has 4 rings (SSSR count). The average molecular weight is 503 g/mol. The van der Waals surface area contributed by atoms with E-state index in [0.29, 0.717) is 12.2 Å². The van der Waals surface area contributed by atoms with Crippen molar-refractivity contribution in [2.24, 2.45) is 0 Å². The summed E-state index contributed by atoms with van der Waals surface area (Å²) in [5, 5.41) is 3.22. The van der Waals surface area contributed by atoms with Gasteiger partial charge in [-0.2, -0.15) is 0 Å². The minimum Gasteiger partial charge on any atom is -0.484 e. The third-order valence-electron chi connectivity index (χ3n) is 6.93. The molecule has 6 heteroatoms. The molecular weight excluding hydrogens is 467 g/mol. The number of nitrogens with one attached hydrogen (secondary N) is 1. The molecule has 1 aliphatic rings. The van der Waals surface area contributed by atoms with Crippen molar-refractivity contribution >= 4 is 11.8 Å². The van der Waals surface area contributed by atoms with Crippen LogP contribution in [0.25, 0.3) is 0 Å². The summed E-state index contributed by atoms with van der Waals surface area (Å²) in [4.78, 5) is 29.0. The van der Waals surface area contributed by atoms with Gasteiger partial charge in [-0.05, 0) is 54.7 Å². The number of amides is 2. The summed E-state index contributed by atoms with van der Waals surface area (Å²) in [5.41, 5.74) is 2.63. The first-order valence-corrected chi connectivity index (χ1v) is 13.1. The number of rotatable bonds is 10. The van der Waals surface area contributed by atoms with E-state index in [-0.39, 0.29) is 36.8 Å². The summed E-state index contributed by atoms with van der Waals surface area (Å²) in [6.07, 6.45) is 5.65. The van der Waals surface area contributed by atoms with Crippen LogP contribution in [-0.4, -0.2) is 35.4 Å². The van der Waals surface area contributed by atoms with Crippen LogP contribution in [0.4, 0.5) is 4.39 Å². The molecule has 0 aromatic heterocycles. The maximum atomic E-state index is 13.7. The lowest BCUT2D eigenvalue weighted by molar-refractivity contribution is -0.143. The van der Waals surface area contributed by atoms with E-state index in [1.807, 2.05) is 61.5 Å². The van der Waals surface area contributed by atoms with Crippen molar-refractivity contribution in [3.63, 3.8) is 0 Å². The molecule has 0 heterocycles. The zero-order chi connectivity index (χ0) is 26.0. The molecule has 5 nitrogen and oxygen atoms in total. The fourth-order valence-electron chi connectivity index (χ4n) is 4.83. The number of halogens is 1. The summed E-state index contributed by atoms with van der Waals surface area (Å²) in [5.74, 6) is -0.182. The molecule has 0 spiro atoms. The maximum Gasteiger partial charge on any atom is 0.261 e. The number of aryl methyl sites for hydroxylation is 1. The molecule has 0 bridgehead atoms. The molecule has 1 N–H and O–H groups in total. The van der Waals surface area contributed by atoms with Gasteiger partial charge in [0.05, 0.1) is 0 Å². The quantitative estimate of drug-likeness (QED) is 0.393. The van der Waals surface area contributed by atoms with E-state index in [2.05, 4.69) is 5.32 Å². The van der Waals surface area contributed by atoms with Crippen LogP contribution in [0.2, 0.25) is 0 Å². The number of para-hydroxylation sites is 1. The highest BCUT2D eigenvalue weighted by molar-refractivity contribution is 5.88. The standard InChI is InChI=1S/C31H35FN2O3/c1-23-10-8-9-15-29(23)37-22-30(35)34(21-25-16-18-26(32)19-17-25)28(20-24-11-4-2-5-12-24)31(36)33-27-13-6-3-7-14-27/h2,4-5,8-12,15-19,27-28H,3,6-7,13-14,20-22H2,1H3,(H,33,36)/t28-/m0/s1. The number of ether oxygens (including phenoxy) is 1. The number of carbonyl (C=O) groups excluding carboxylic acids is 2. The van der Waals surface area contributed by atoms with Gasteiger partial charge in [0, 0.05) is 19.0 Å². The Morgan fingerprint density at radius 2 is 1.59 bits per heavy atom. The minimum absolute atomic E-state index is 0.116. The van der Waals surface area contributed by atoms with Crippen LogP contribution in [0.5, 0.6) is 5.75 Å². The summed E-state index contributed by atoms with van der Waals surface area (Å²) in [7, 11) is 0. The second kappa shape index (κ2) is 13.0. The zero-order valence-electron chi connectivity index (χ0n) is 21.4. The molecule has 0 aliphatic heterocycles. The van der Waals surface area contributed by atoms with Gasteiger partial charge in [-0.1, -0.05) is 79.9 Å². The Morgan fingerprint density at radius 3 is 2.30 bits per heavy atom. The Kier molecular flexibility index (Phi) is 9.30. The molecule has 1 fully saturated rings. The largest absolute Gasteiger partial charge is 0.484 e. The van der Waals surface area contributed by atoms with Gasteiger partial charge in [0.2, 0.25) is 5.91 Å². The van der Waals surface area contributed by atoms with E-state index in [4.69, 9.17) is 4.74 Å². The lowest BCUT2D eigenvalue weighted by Crippen LogP contribution is -2.53. The Hall–Kier alpha value is -3.67. The molecule has 3 aromatic carbocycles. The first-order valence-electron chi connectivity index (χ1n) is 13.1. The monoisotopic (exact) mass is 502 g/mol. The van der Waals surface area contributed by atoms with Gasteiger partial charge < -0.3 is 15.0 Å². The third kappa shape index (κ3) is 7.66. The number of hydrogen-bond acceptors (Lipinski definition) is 3. The van der Waals surface area contributed by atoms with Crippen LogP contribution in [0, 0.1) is 12.7 Å². The van der Waals surface area contributed by atoms with Crippen molar-refractivity contribution < 1.29 is 18.7 Å². The minimum atomic E-state index is -0.734. The molecule has 0 unspecified atom stereocenters. The number of hydrogen-bond donors (Lipinski definition) is 1. The maximum absolute atomic E-state index is 13.7. The molecule has 1 aliphatic carbocycles. The fraction of sp³-hybridized carbons (Fsp3) is 0.355. The van der Waals surface area contributed by atoms with E-state index >= 15 is 0 Å². The normalized spacial score (nSPS) is 14.5. The molecule has 37 heavy (non-hydrogen) atoms. The molecule has 2 amide bonds. The van der Waals surface area contributed by atoms with Crippen LogP contribution >= 0.6 is 0 Å². The highest BCUT2D eigenvalue weighted by Gasteiger charge is 2.32. The molecule has 3 aromatic rings. The van der Waals surface area contributed by atoms with Crippen molar-refractivity contribution in [2.75, 3.05) is 6.61 Å². The van der Waals surface area contributed by atoms with Gasteiger partial charge in [0.25, 0.3) is 5.91 Å². The second-order valence-electron chi connectivity index (χ2n) is 9.75. The van der Waals surface area contributed by atoms with Crippen LogP contribution in [0.1, 0.15) is 48.8 Å². The summed E-state index contributed by atoms with van der Waals surface area (Å²) in [6.45, 7) is 1.89. The van der Waals surface area contributed by atoms with Crippen molar-refractivity contribution in [3.05, 3.63) is 101 Å². The van der Waals surface area contributed by atoms with Gasteiger partial charge in [0.15, 0.2) is 6.61 Å². The smallest absolute Gasteiger partial charge is 0.261 e. The van der Waals surface area contributed by atoms with E-state index < -0.39 is 6.04 Å². The van der Waals surface area contributed by atoms with Gasteiger partial charge in [-0.25, -0.2) is 4.39 Å². The van der Waals surface area contributed by atoms with E-state index in [1.165, 1.54) is 18.6 Å². The van der Waals surface area contributed by atoms with Crippen molar-refractivity contribution in [2.45, 2.75) is 64.1 Å². The van der Waals surface area contributed by atoms with E-state index in [0.717, 1.165) is 42.4 Å². The summed E-state index contributed by atoms with van der Waals surface area (Å²) in [6, 6.07) is 22.7. The predicted octanol–water partition coefficient (Wildman–Crippen LogP) is 5.60. The first-order chi connectivity index (χ1) is 18.0. The lowest BCUT2D eigenvalue weighted by atomic mass is 9.94. The van der Waals surface area contributed by atoms with Gasteiger partial charge in [-0.3, -0.25) is 9.59 Å². The molecule has 194 valence electrons. The topological polar surface area (TPSA) is 58.6 Å².